The molecule has 4 saturated carbocycles. The molecular weight excluding hydrogens is 347 g/mol. The molecule has 4 bridgehead atoms. The molecule has 0 radical (unpaired) electrons. The van der Waals surface area contributed by atoms with Crippen LogP contribution in [0.25, 0.3) is 0 Å². The van der Waals surface area contributed by atoms with Crippen LogP contribution in [-0.4, -0.2) is 28.6 Å². The van der Waals surface area contributed by atoms with Crippen molar-refractivity contribution in [3.8, 4) is 6.07 Å². The highest BCUT2D eigenvalue weighted by molar-refractivity contribution is 8.00. The van der Waals surface area contributed by atoms with Crippen LogP contribution in [0.15, 0.2) is 29.2 Å². The predicted octanol–water partition coefficient (Wildman–Crippen LogP) is 4.63. The van der Waals surface area contributed by atoms with Gasteiger partial charge in [0.2, 0.25) is 5.91 Å². The molecule has 0 unspecified atom stereocenters. The molecule has 0 spiro atoms. The van der Waals surface area contributed by atoms with Crippen LogP contribution in [0.1, 0.15) is 44.9 Å². The minimum absolute atomic E-state index is 0.0432. The van der Waals surface area contributed by atoms with Gasteiger partial charge >= 0.3 is 0 Å². The van der Waals surface area contributed by atoms with Gasteiger partial charge in [-0.2, -0.15) is 5.26 Å². The van der Waals surface area contributed by atoms with Crippen molar-refractivity contribution in [3.05, 3.63) is 30.1 Å². The first-order valence-corrected chi connectivity index (χ1v) is 10.6. The molecule has 4 aliphatic rings. The number of halogens is 1. The van der Waals surface area contributed by atoms with E-state index in [2.05, 4.69) is 6.07 Å². The van der Waals surface area contributed by atoms with Gasteiger partial charge in [-0.15, -0.1) is 11.8 Å². The Bertz CT molecular complexity index is 694. The second-order valence-corrected chi connectivity index (χ2v) is 9.33. The lowest BCUT2D eigenvalue weighted by molar-refractivity contribution is -0.147. The fourth-order valence-electron chi connectivity index (χ4n) is 5.96. The van der Waals surface area contributed by atoms with Gasteiger partial charge in [-0.3, -0.25) is 4.79 Å². The molecule has 0 aromatic heterocycles. The van der Waals surface area contributed by atoms with Crippen molar-refractivity contribution in [2.75, 3.05) is 12.3 Å². The van der Waals surface area contributed by atoms with Gasteiger partial charge in [0.1, 0.15) is 5.82 Å². The number of carbonyl (C=O) groups is 1. The number of carbonyl (C=O) groups excluding carboxylic acids is 1. The molecule has 4 fully saturated rings. The second-order valence-electron chi connectivity index (χ2n) is 8.31. The largest absolute Gasteiger partial charge is 0.335 e. The summed E-state index contributed by atoms with van der Waals surface area (Å²) in [6, 6.07) is 8.81. The van der Waals surface area contributed by atoms with E-state index in [1.165, 1.54) is 37.1 Å². The Balaban J connectivity index is 1.50. The van der Waals surface area contributed by atoms with Crippen molar-refractivity contribution in [1.82, 2.24) is 4.90 Å². The number of nitriles is 1. The van der Waals surface area contributed by atoms with Crippen molar-refractivity contribution in [3.63, 3.8) is 0 Å². The molecule has 3 nitrogen and oxygen atoms in total. The Labute approximate surface area is 158 Å². The average Bonchev–Trinajstić information content (AvgIpc) is 2.60. The Morgan fingerprint density at radius 2 is 1.81 bits per heavy atom. The molecule has 5 heteroatoms. The van der Waals surface area contributed by atoms with Crippen LogP contribution in [0.5, 0.6) is 0 Å². The lowest BCUT2D eigenvalue weighted by Crippen LogP contribution is -2.62. The van der Waals surface area contributed by atoms with Crippen molar-refractivity contribution >= 4 is 17.7 Å². The average molecular weight is 373 g/mol. The number of thioether (sulfide) groups is 1. The summed E-state index contributed by atoms with van der Waals surface area (Å²) in [7, 11) is 0. The van der Waals surface area contributed by atoms with Gasteiger partial charge in [0.15, 0.2) is 0 Å². The maximum Gasteiger partial charge on any atom is 0.233 e. The van der Waals surface area contributed by atoms with Gasteiger partial charge in [0.25, 0.3) is 0 Å². The number of amides is 1. The van der Waals surface area contributed by atoms with Gasteiger partial charge < -0.3 is 4.90 Å². The van der Waals surface area contributed by atoms with E-state index in [0.717, 1.165) is 37.0 Å². The third kappa shape index (κ3) is 3.36. The van der Waals surface area contributed by atoms with E-state index in [0.29, 0.717) is 17.9 Å². The molecule has 0 atom stereocenters. The SMILES string of the molecule is N#CCCN(C(=O)CSc1ccccc1F)C12CC3CC(CC(C3)C1)C2. The molecule has 0 saturated heterocycles. The van der Waals surface area contributed by atoms with Crippen molar-refractivity contribution in [2.45, 2.75) is 55.4 Å². The number of hydrogen-bond donors (Lipinski definition) is 0. The summed E-state index contributed by atoms with van der Waals surface area (Å²) in [4.78, 5) is 15.7. The van der Waals surface area contributed by atoms with Crippen LogP contribution in [0.2, 0.25) is 0 Å². The third-order valence-corrected chi connectivity index (χ3v) is 7.55. The lowest BCUT2D eigenvalue weighted by atomic mass is 9.52. The van der Waals surface area contributed by atoms with Crippen molar-refractivity contribution in [2.24, 2.45) is 17.8 Å². The molecule has 0 aliphatic heterocycles. The van der Waals surface area contributed by atoms with Crippen LogP contribution in [0.4, 0.5) is 4.39 Å². The fraction of sp³-hybridized carbons (Fsp3) is 0.619. The fourth-order valence-corrected chi connectivity index (χ4v) is 6.78. The maximum absolute atomic E-state index is 13.9. The summed E-state index contributed by atoms with van der Waals surface area (Å²) >= 11 is 1.27. The van der Waals surface area contributed by atoms with Crippen molar-refractivity contribution in [1.29, 1.82) is 5.26 Å². The second kappa shape index (κ2) is 7.23. The van der Waals surface area contributed by atoms with Gasteiger partial charge in [-0.1, -0.05) is 12.1 Å². The molecule has 0 N–H and O–H groups in total. The number of nitrogens with zero attached hydrogens (tertiary/aromatic N) is 2. The quantitative estimate of drug-likeness (QED) is 0.684. The highest BCUT2D eigenvalue weighted by Gasteiger charge is 2.54. The number of rotatable bonds is 6. The Kier molecular flexibility index (Phi) is 4.96. The highest BCUT2D eigenvalue weighted by Crippen LogP contribution is 2.57. The molecule has 138 valence electrons. The maximum atomic E-state index is 13.9. The summed E-state index contributed by atoms with van der Waals surface area (Å²) in [5.74, 6) is 2.28. The molecule has 1 aromatic carbocycles. The standard InChI is InChI=1S/C21H25FN2OS/c22-18-4-1-2-5-19(18)26-14-20(25)24(7-3-6-23)21-11-15-8-16(12-21)10-17(9-15)13-21/h1-2,4-5,15-17H,3,7-14H2. The van der Waals surface area contributed by atoms with Gasteiger partial charge in [0.05, 0.1) is 18.2 Å². The van der Waals surface area contributed by atoms with E-state index in [1.54, 1.807) is 18.2 Å². The Morgan fingerprint density at radius 1 is 1.19 bits per heavy atom. The number of benzene rings is 1. The van der Waals surface area contributed by atoms with Crippen LogP contribution in [-0.2, 0) is 4.79 Å². The predicted molar refractivity (Wildman–Crippen MR) is 100.0 cm³/mol. The van der Waals surface area contributed by atoms with Crippen LogP contribution in [0.3, 0.4) is 0 Å². The molecule has 0 heterocycles. The van der Waals surface area contributed by atoms with Crippen LogP contribution < -0.4 is 0 Å². The normalized spacial score (nSPS) is 31.6. The van der Waals surface area contributed by atoms with E-state index in [-0.39, 0.29) is 23.0 Å². The van der Waals surface area contributed by atoms with Gasteiger partial charge in [0, 0.05) is 17.0 Å². The Morgan fingerprint density at radius 3 is 2.38 bits per heavy atom. The summed E-state index contributed by atoms with van der Waals surface area (Å²) < 4.78 is 13.9. The minimum atomic E-state index is -0.274. The van der Waals surface area contributed by atoms with Crippen LogP contribution >= 0.6 is 11.8 Å². The van der Waals surface area contributed by atoms with Crippen molar-refractivity contribution < 1.29 is 9.18 Å². The summed E-state index contributed by atoms with van der Waals surface area (Å²) in [6.45, 7) is 0.513. The first-order valence-electron chi connectivity index (χ1n) is 9.64. The van der Waals surface area contributed by atoms with Gasteiger partial charge in [-0.05, 0) is 68.4 Å². The zero-order valence-electron chi connectivity index (χ0n) is 15.0. The Hall–Kier alpha value is -1.54. The third-order valence-electron chi connectivity index (χ3n) is 6.51. The molecule has 5 rings (SSSR count). The lowest BCUT2D eigenvalue weighted by Gasteiger charge is -2.60. The zero-order valence-corrected chi connectivity index (χ0v) is 15.8. The molecule has 4 aliphatic carbocycles. The van der Waals surface area contributed by atoms with E-state index >= 15 is 0 Å². The molecule has 1 amide bonds. The minimum Gasteiger partial charge on any atom is -0.335 e. The first kappa shape index (κ1) is 17.9. The molecular formula is C21H25FN2OS. The summed E-state index contributed by atoms with van der Waals surface area (Å²) in [5.41, 5.74) is -0.0432. The smallest absolute Gasteiger partial charge is 0.233 e. The van der Waals surface area contributed by atoms with E-state index < -0.39 is 0 Å². The van der Waals surface area contributed by atoms with E-state index in [9.17, 15) is 9.18 Å². The van der Waals surface area contributed by atoms with E-state index in [4.69, 9.17) is 5.26 Å². The first-order chi connectivity index (χ1) is 12.6. The number of hydrogen-bond acceptors (Lipinski definition) is 3. The molecule has 26 heavy (non-hydrogen) atoms. The topological polar surface area (TPSA) is 44.1 Å². The zero-order chi connectivity index (χ0) is 18.1. The molecule has 1 aromatic rings. The van der Waals surface area contributed by atoms with E-state index in [1.807, 2.05) is 4.90 Å². The van der Waals surface area contributed by atoms with Gasteiger partial charge in [-0.25, -0.2) is 4.39 Å². The highest BCUT2D eigenvalue weighted by atomic mass is 32.2. The monoisotopic (exact) mass is 372 g/mol. The summed E-state index contributed by atoms with van der Waals surface area (Å²) in [6.07, 6.45) is 7.63. The summed E-state index contributed by atoms with van der Waals surface area (Å²) in [5, 5.41) is 9.08. The van der Waals surface area contributed by atoms with Crippen LogP contribution in [0, 0.1) is 34.9 Å².